The predicted molar refractivity (Wildman–Crippen MR) is 222 cm³/mol. The molecule has 1 aliphatic heterocycles. The van der Waals surface area contributed by atoms with Crippen molar-refractivity contribution in [2.45, 2.75) is 9.79 Å². The molecular formula is C50H31NS. The Labute approximate surface area is 319 Å². The fraction of sp³-hybridized carbons (Fsp3) is 0. The van der Waals surface area contributed by atoms with E-state index >= 15 is 0 Å². The van der Waals surface area contributed by atoms with Crippen LogP contribution in [0.2, 0.25) is 0 Å². The first kappa shape index (κ1) is 21.8. The highest BCUT2D eigenvalue weighted by molar-refractivity contribution is 7.99. The molecule has 242 valence electrons. The molecular weight excluding hydrogens is 647 g/mol. The van der Waals surface area contributed by atoms with Crippen LogP contribution >= 0.6 is 11.8 Å². The third-order valence-electron chi connectivity index (χ3n) is 10.1. The minimum Gasteiger partial charge on any atom is -0.309 e. The van der Waals surface area contributed by atoms with Crippen molar-refractivity contribution in [3.8, 4) is 50.2 Å². The van der Waals surface area contributed by atoms with Gasteiger partial charge >= 0.3 is 0 Å². The molecule has 1 aromatic heterocycles. The minimum atomic E-state index is -0.442. The highest BCUT2D eigenvalue weighted by Gasteiger charge is 2.22. The summed E-state index contributed by atoms with van der Waals surface area (Å²) in [6, 6.07) is 41.5. The third-order valence-corrected chi connectivity index (χ3v) is 11.3. The van der Waals surface area contributed by atoms with Gasteiger partial charge in [-0.25, -0.2) is 0 Å². The molecule has 10 aromatic rings. The van der Waals surface area contributed by atoms with Crippen molar-refractivity contribution < 1.29 is 12.3 Å². The van der Waals surface area contributed by atoms with Crippen LogP contribution < -0.4 is 0 Å². The molecule has 1 nitrogen and oxygen atoms in total. The van der Waals surface area contributed by atoms with Crippen molar-refractivity contribution in [3.05, 3.63) is 188 Å². The van der Waals surface area contributed by atoms with E-state index in [1.165, 1.54) is 0 Å². The Balaban J connectivity index is 1.06. The van der Waals surface area contributed by atoms with E-state index in [1.807, 2.05) is 97.1 Å². The van der Waals surface area contributed by atoms with E-state index in [4.69, 9.17) is 6.85 Å². The molecule has 0 fully saturated rings. The zero-order chi connectivity index (χ0) is 42.0. The Bertz CT molecular complexity index is 3500. The number of hydrogen-bond donors (Lipinski definition) is 0. The molecule has 0 amide bonds. The second kappa shape index (κ2) is 11.6. The van der Waals surface area contributed by atoms with Crippen LogP contribution in [0.3, 0.4) is 0 Å². The molecule has 0 saturated carbocycles. The molecule has 0 aliphatic carbocycles. The number of rotatable bonds is 4. The standard InChI is InChI=1S/C50H31NS/c1-3-10-34(11-4-1)39-26-29-48-49-41(39)16-9-17-42(49)45-31-37(24-28-47(45)52-48)33-20-18-32(19-21-33)36-23-27-46-44(30-36)43-25-22-35-12-7-8-15-40(35)50(43)51(46)38-13-5-2-6-14-38/h1-31H/i1D,3D,4D,10D,11D,18D,19D,20D,21D. The molecule has 0 atom stereocenters. The summed E-state index contributed by atoms with van der Waals surface area (Å²) in [5, 5.41) is 5.80. The van der Waals surface area contributed by atoms with Crippen molar-refractivity contribution in [2.24, 2.45) is 0 Å². The number of para-hydroxylation sites is 1. The van der Waals surface area contributed by atoms with Gasteiger partial charge in [0.05, 0.1) is 23.4 Å². The van der Waals surface area contributed by atoms with Gasteiger partial charge in [-0.3, -0.25) is 0 Å². The lowest BCUT2D eigenvalue weighted by Crippen LogP contribution is -1.95. The van der Waals surface area contributed by atoms with Gasteiger partial charge in [-0.2, -0.15) is 0 Å². The normalized spacial score (nSPS) is 14.6. The average molecular weight is 687 g/mol. The molecule has 0 unspecified atom stereocenters. The molecule has 2 heteroatoms. The highest BCUT2D eigenvalue weighted by atomic mass is 32.2. The van der Waals surface area contributed by atoms with Crippen molar-refractivity contribution in [1.29, 1.82) is 0 Å². The number of nitrogens with zero attached hydrogens (tertiary/aromatic N) is 1. The fourth-order valence-electron chi connectivity index (χ4n) is 7.77. The van der Waals surface area contributed by atoms with Gasteiger partial charge in [0.1, 0.15) is 0 Å². The van der Waals surface area contributed by atoms with Crippen LogP contribution in [-0.2, 0) is 0 Å². The summed E-state index contributed by atoms with van der Waals surface area (Å²) >= 11 is 1.55. The molecule has 11 rings (SSSR count). The van der Waals surface area contributed by atoms with E-state index < -0.39 is 18.1 Å². The second-order valence-corrected chi connectivity index (χ2v) is 14.1. The molecule has 0 saturated heterocycles. The number of benzene rings is 9. The number of fused-ring (bicyclic) bond motifs is 7. The Morgan fingerprint density at radius 3 is 2.00 bits per heavy atom. The predicted octanol–water partition coefficient (Wildman–Crippen LogP) is 14.2. The highest BCUT2D eigenvalue weighted by Crippen LogP contribution is 2.50. The lowest BCUT2D eigenvalue weighted by molar-refractivity contribution is 1.19. The van der Waals surface area contributed by atoms with Gasteiger partial charge in [0.15, 0.2) is 0 Å². The van der Waals surface area contributed by atoms with Crippen molar-refractivity contribution in [3.63, 3.8) is 0 Å². The molecule has 9 aromatic carbocycles. The molecule has 0 bridgehead atoms. The molecule has 1 aliphatic rings. The monoisotopic (exact) mass is 686 g/mol. The number of hydrogen-bond acceptors (Lipinski definition) is 1. The Morgan fingerprint density at radius 2 is 1.15 bits per heavy atom. The fourth-order valence-corrected chi connectivity index (χ4v) is 8.88. The maximum absolute atomic E-state index is 9.37. The van der Waals surface area contributed by atoms with E-state index in [1.54, 1.807) is 11.8 Å². The minimum absolute atomic E-state index is 0.129. The summed E-state index contributed by atoms with van der Waals surface area (Å²) < 4.78 is 81.8. The Kier molecular flexibility index (Phi) is 4.86. The van der Waals surface area contributed by atoms with E-state index in [2.05, 4.69) is 41.0 Å². The van der Waals surface area contributed by atoms with Gasteiger partial charge in [-0.15, -0.1) is 0 Å². The number of aromatic nitrogens is 1. The first-order valence-corrected chi connectivity index (χ1v) is 17.9. The maximum Gasteiger partial charge on any atom is 0.0629 e. The molecule has 0 spiro atoms. The van der Waals surface area contributed by atoms with Gasteiger partial charge in [0.2, 0.25) is 0 Å². The largest absolute Gasteiger partial charge is 0.309 e. The average Bonchev–Trinajstić information content (AvgIpc) is 3.62. The van der Waals surface area contributed by atoms with Crippen LogP contribution in [0.4, 0.5) is 0 Å². The van der Waals surface area contributed by atoms with Crippen molar-refractivity contribution in [2.75, 3.05) is 0 Å². The van der Waals surface area contributed by atoms with Gasteiger partial charge in [-0.05, 0) is 97.7 Å². The van der Waals surface area contributed by atoms with Gasteiger partial charge < -0.3 is 4.57 Å². The summed E-state index contributed by atoms with van der Waals surface area (Å²) in [6.07, 6.45) is 0. The van der Waals surface area contributed by atoms with Crippen LogP contribution in [0.1, 0.15) is 12.3 Å². The maximum atomic E-state index is 9.37. The zero-order valence-electron chi connectivity index (χ0n) is 36.6. The molecule has 0 N–H and O–H groups in total. The summed E-state index contributed by atoms with van der Waals surface area (Å²) in [5.41, 5.74) is 6.97. The SMILES string of the molecule is [2H]c1c([2H])c([2H])c(-c2ccc3c4c(cccc24)-c2cc(-c4c([2H])c([2H])c(-c5ccc6c(c5)c5ccc7ccccc7c5n6-c5ccccc5)c([2H])c4[2H])ccc2S3)c([2H])c1[2H]. The van der Waals surface area contributed by atoms with Gasteiger partial charge in [0, 0.05) is 37.0 Å². The third kappa shape index (κ3) is 4.51. The zero-order valence-corrected chi connectivity index (χ0v) is 28.4. The Hall–Kier alpha value is -6.35. The molecule has 52 heavy (non-hydrogen) atoms. The molecule has 2 heterocycles. The van der Waals surface area contributed by atoms with E-state index in [-0.39, 0.29) is 52.9 Å². The first-order valence-electron chi connectivity index (χ1n) is 21.6. The van der Waals surface area contributed by atoms with Crippen LogP contribution in [0.25, 0.3) is 93.5 Å². The quantitative estimate of drug-likeness (QED) is 0.178. The summed E-state index contributed by atoms with van der Waals surface area (Å²) in [7, 11) is 0. The van der Waals surface area contributed by atoms with E-state index in [0.717, 1.165) is 70.0 Å². The van der Waals surface area contributed by atoms with Crippen LogP contribution in [-0.4, -0.2) is 4.57 Å². The smallest absolute Gasteiger partial charge is 0.0629 e. The van der Waals surface area contributed by atoms with E-state index in [0.29, 0.717) is 16.7 Å². The van der Waals surface area contributed by atoms with Crippen LogP contribution in [0.5, 0.6) is 0 Å². The second-order valence-electron chi connectivity index (χ2n) is 13.0. The molecule has 0 radical (unpaired) electrons. The summed E-state index contributed by atoms with van der Waals surface area (Å²) in [5.74, 6) is 0. The van der Waals surface area contributed by atoms with Crippen molar-refractivity contribution >= 4 is 55.1 Å². The summed E-state index contributed by atoms with van der Waals surface area (Å²) in [6.45, 7) is 0. The topological polar surface area (TPSA) is 4.93 Å². The Morgan fingerprint density at radius 1 is 0.423 bits per heavy atom. The van der Waals surface area contributed by atoms with Crippen molar-refractivity contribution in [1.82, 2.24) is 4.57 Å². The lowest BCUT2D eigenvalue weighted by Gasteiger charge is -2.22. The summed E-state index contributed by atoms with van der Waals surface area (Å²) in [4.78, 5) is 1.90. The van der Waals surface area contributed by atoms with Crippen LogP contribution in [0, 0.1) is 0 Å². The van der Waals surface area contributed by atoms with Gasteiger partial charge in [-0.1, -0.05) is 157 Å². The lowest BCUT2D eigenvalue weighted by atomic mass is 9.91. The van der Waals surface area contributed by atoms with E-state index in [9.17, 15) is 5.48 Å². The first-order chi connectivity index (χ1) is 29.5. The van der Waals surface area contributed by atoms with Crippen LogP contribution in [0.15, 0.2) is 198 Å². The van der Waals surface area contributed by atoms with Gasteiger partial charge in [0.25, 0.3) is 0 Å².